The molecular formula is C17H26N2O2. The van der Waals surface area contributed by atoms with Crippen molar-refractivity contribution >= 4 is 12.0 Å². The molecule has 0 heterocycles. The summed E-state index contributed by atoms with van der Waals surface area (Å²) in [7, 11) is 1.63. The molecule has 0 radical (unpaired) electrons. The van der Waals surface area contributed by atoms with Gasteiger partial charge in [0.2, 0.25) is 5.91 Å². The summed E-state index contributed by atoms with van der Waals surface area (Å²) in [4.78, 5) is 14.1. The van der Waals surface area contributed by atoms with Crippen LogP contribution >= 0.6 is 0 Å². The second kappa shape index (κ2) is 7.84. The van der Waals surface area contributed by atoms with Crippen molar-refractivity contribution < 1.29 is 9.53 Å². The van der Waals surface area contributed by atoms with Gasteiger partial charge in [0, 0.05) is 19.2 Å². The zero-order chi connectivity index (χ0) is 15.9. The van der Waals surface area contributed by atoms with Gasteiger partial charge < -0.3 is 15.4 Å². The molecule has 0 unspecified atom stereocenters. The van der Waals surface area contributed by atoms with Crippen molar-refractivity contribution in [2.45, 2.75) is 20.8 Å². The van der Waals surface area contributed by atoms with E-state index in [1.165, 1.54) is 0 Å². The van der Waals surface area contributed by atoms with Crippen LogP contribution in [0.1, 0.15) is 26.3 Å². The Labute approximate surface area is 127 Å². The van der Waals surface area contributed by atoms with Crippen LogP contribution in [-0.2, 0) is 4.79 Å². The van der Waals surface area contributed by atoms with Gasteiger partial charge in [0.15, 0.2) is 0 Å². The van der Waals surface area contributed by atoms with Crippen molar-refractivity contribution in [1.29, 1.82) is 0 Å². The van der Waals surface area contributed by atoms with E-state index in [1.807, 2.05) is 42.2 Å². The van der Waals surface area contributed by atoms with Gasteiger partial charge >= 0.3 is 0 Å². The molecule has 0 bridgehead atoms. The lowest BCUT2D eigenvalue weighted by Crippen LogP contribution is -2.41. The Morgan fingerprint density at radius 3 is 2.43 bits per heavy atom. The van der Waals surface area contributed by atoms with Crippen LogP contribution in [0.5, 0.6) is 5.75 Å². The van der Waals surface area contributed by atoms with E-state index in [-0.39, 0.29) is 11.3 Å². The fourth-order valence-electron chi connectivity index (χ4n) is 1.91. The molecule has 1 rings (SSSR count). The van der Waals surface area contributed by atoms with E-state index in [9.17, 15) is 4.79 Å². The van der Waals surface area contributed by atoms with E-state index in [4.69, 9.17) is 10.5 Å². The Bertz CT molecular complexity index is 478. The molecule has 0 saturated heterocycles. The first kappa shape index (κ1) is 17.2. The maximum Gasteiger partial charge on any atom is 0.246 e. The van der Waals surface area contributed by atoms with E-state index in [2.05, 4.69) is 13.8 Å². The lowest BCUT2D eigenvalue weighted by molar-refractivity contribution is -0.127. The number of ether oxygens (including phenoxy) is 1. The van der Waals surface area contributed by atoms with Gasteiger partial charge in [-0.1, -0.05) is 26.0 Å². The summed E-state index contributed by atoms with van der Waals surface area (Å²) in [6.07, 6.45) is 3.43. The minimum absolute atomic E-state index is 0.00911. The topological polar surface area (TPSA) is 55.6 Å². The zero-order valence-electron chi connectivity index (χ0n) is 13.4. The molecule has 0 aliphatic carbocycles. The number of rotatable bonds is 7. The number of nitrogens with zero attached hydrogens (tertiary/aromatic N) is 1. The van der Waals surface area contributed by atoms with Gasteiger partial charge in [-0.2, -0.15) is 0 Å². The van der Waals surface area contributed by atoms with Gasteiger partial charge in [-0.25, -0.2) is 0 Å². The minimum Gasteiger partial charge on any atom is -0.497 e. The number of likely N-dealkylation sites (N-methyl/N-ethyl adjacent to an activating group) is 1. The maximum absolute atomic E-state index is 12.2. The summed E-state index contributed by atoms with van der Waals surface area (Å²) in [5.74, 6) is 0.813. The fourth-order valence-corrected chi connectivity index (χ4v) is 1.91. The molecule has 0 aliphatic rings. The highest BCUT2D eigenvalue weighted by atomic mass is 16.5. The summed E-state index contributed by atoms with van der Waals surface area (Å²) in [5, 5.41) is 0. The third-order valence-electron chi connectivity index (χ3n) is 3.40. The lowest BCUT2D eigenvalue weighted by atomic mass is 9.93. The molecule has 0 fully saturated rings. The zero-order valence-corrected chi connectivity index (χ0v) is 13.4. The molecule has 4 heteroatoms. The maximum atomic E-state index is 12.2. The second-order valence-corrected chi connectivity index (χ2v) is 5.83. The van der Waals surface area contributed by atoms with Gasteiger partial charge in [0.1, 0.15) is 5.75 Å². The molecule has 0 saturated carbocycles. The molecule has 116 valence electrons. The third-order valence-corrected chi connectivity index (χ3v) is 3.40. The van der Waals surface area contributed by atoms with Crippen molar-refractivity contribution in [3.05, 3.63) is 35.9 Å². The number of hydrogen-bond acceptors (Lipinski definition) is 3. The van der Waals surface area contributed by atoms with Crippen LogP contribution in [0.15, 0.2) is 30.3 Å². The number of hydrogen-bond donors (Lipinski definition) is 1. The van der Waals surface area contributed by atoms with E-state index >= 15 is 0 Å². The standard InChI is InChI=1S/C17H26N2O2/c1-5-19(13-17(2,3)12-18)16(20)11-8-14-6-9-15(21-4)10-7-14/h6-11H,5,12-13,18H2,1-4H3. The van der Waals surface area contributed by atoms with Gasteiger partial charge in [0.05, 0.1) is 7.11 Å². The van der Waals surface area contributed by atoms with Crippen LogP contribution in [-0.4, -0.2) is 37.6 Å². The second-order valence-electron chi connectivity index (χ2n) is 5.83. The van der Waals surface area contributed by atoms with Crippen LogP contribution in [0.3, 0.4) is 0 Å². The molecule has 4 nitrogen and oxygen atoms in total. The quantitative estimate of drug-likeness (QED) is 0.785. The highest BCUT2D eigenvalue weighted by Crippen LogP contribution is 2.16. The summed E-state index contributed by atoms with van der Waals surface area (Å²) < 4.78 is 5.11. The Morgan fingerprint density at radius 1 is 1.33 bits per heavy atom. The van der Waals surface area contributed by atoms with E-state index in [0.717, 1.165) is 11.3 Å². The van der Waals surface area contributed by atoms with Gasteiger partial charge in [-0.3, -0.25) is 4.79 Å². The number of benzene rings is 1. The Kier molecular flexibility index (Phi) is 6.43. The Morgan fingerprint density at radius 2 is 1.95 bits per heavy atom. The van der Waals surface area contributed by atoms with Crippen molar-refractivity contribution in [2.75, 3.05) is 26.7 Å². The first-order valence-electron chi connectivity index (χ1n) is 7.23. The molecular weight excluding hydrogens is 264 g/mol. The predicted molar refractivity (Wildman–Crippen MR) is 87.1 cm³/mol. The molecule has 1 aromatic carbocycles. The summed E-state index contributed by atoms with van der Waals surface area (Å²) >= 11 is 0. The highest BCUT2D eigenvalue weighted by molar-refractivity contribution is 5.91. The first-order valence-corrected chi connectivity index (χ1v) is 7.23. The predicted octanol–water partition coefficient (Wildman–Crippen LogP) is 2.54. The molecule has 2 N–H and O–H groups in total. The van der Waals surface area contributed by atoms with Crippen LogP contribution in [0.25, 0.3) is 6.08 Å². The molecule has 1 aromatic rings. The van der Waals surface area contributed by atoms with Gasteiger partial charge in [-0.15, -0.1) is 0 Å². The summed E-state index contributed by atoms with van der Waals surface area (Å²) in [5.41, 5.74) is 6.63. The van der Waals surface area contributed by atoms with E-state index in [1.54, 1.807) is 13.2 Å². The van der Waals surface area contributed by atoms with Crippen molar-refractivity contribution in [3.63, 3.8) is 0 Å². The van der Waals surface area contributed by atoms with Gasteiger partial charge in [-0.05, 0) is 42.7 Å². The molecule has 0 aromatic heterocycles. The molecule has 0 aliphatic heterocycles. The first-order chi connectivity index (χ1) is 9.91. The average Bonchev–Trinajstić information content (AvgIpc) is 2.50. The monoisotopic (exact) mass is 290 g/mol. The number of carbonyl (C=O) groups excluding carboxylic acids is 1. The molecule has 0 atom stereocenters. The van der Waals surface area contributed by atoms with E-state index < -0.39 is 0 Å². The van der Waals surface area contributed by atoms with Crippen molar-refractivity contribution in [1.82, 2.24) is 4.90 Å². The van der Waals surface area contributed by atoms with E-state index in [0.29, 0.717) is 19.6 Å². The minimum atomic E-state index is -0.0698. The fraction of sp³-hybridized carbons (Fsp3) is 0.471. The highest BCUT2D eigenvalue weighted by Gasteiger charge is 2.21. The smallest absolute Gasteiger partial charge is 0.246 e. The van der Waals surface area contributed by atoms with Crippen LogP contribution < -0.4 is 10.5 Å². The Hall–Kier alpha value is -1.81. The number of nitrogens with two attached hydrogens (primary N) is 1. The SMILES string of the molecule is CCN(CC(C)(C)CN)C(=O)C=Cc1ccc(OC)cc1. The number of methoxy groups -OCH3 is 1. The number of carbonyl (C=O) groups is 1. The summed E-state index contributed by atoms with van der Waals surface area (Å²) in [6.45, 7) is 8.00. The third kappa shape index (κ3) is 5.60. The van der Waals surface area contributed by atoms with Crippen LogP contribution in [0, 0.1) is 5.41 Å². The van der Waals surface area contributed by atoms with Crippen LogP contribution in [0.4, 0.5) is 0 Å². The van der Waals surface area contributed by atoms with Crippen molar-refractivity contribution in [3.8, 4) is 5.75 Å². The van der Waals surface area contributed by atoms with Crippen LogP contribution in [0.2, 0.25) is 0 Å². The summed E-state index contributed by atoms with van der Waals surface area (Å²) in [6, 6.07) is 7.59. The Balaban J connectivity index is 2.70. The lowest BCUT2D eigenvalue weighted by Gasteiger charge is -2.30. The molecule has 1 amide bonds. The van der Waals surface area contributed by atoms with Crippen molar-refractivity contribution in [2.24, 2.45) is 11.1 Å². The molecule has 21 heavy (non-hydrogen) atoms. The molecule has 0 spiro atoms. The largest absolute Gasteiger partial charge is 0.497 e. The average molecular weight is 290 g/mol. The number of amides is 1. The van der Waals surface area contributed by atoms with Gasteiger partial charge in [0.25, 0.3) is 0 Å². The normalized spacial score (nSPS) is 11.7.